The largest absolute Gasteiger partial charge is 0.0616 e. The van der Waals surface area contributed by atoms with E-state index in [0.29, 0.717) is 5.92 Å². The van der Waals surface area contributed by atoms with E-state index in [2.05, 4.69) is 147 Å². The maximum atomic E-state index is 2.50. The van der Waals surface area contributed by atoms with Gasteiger partial charge < -0.3 is 0 Å². The molecule has 0 atom stereocenters. The molecule has 2 aliphatic carbocycles. The molecule has 0 amide bonds. The molecule has 0 nitrogen and oxygen atoms in total. The SMILES string of the molecule is CCC1=C(C(C)C2=C(CC)Cc3cccc(-c4ccc(C(C)(C)C)cc4)c32)c2c(cccc2-c2ccc(C(C)(C)C)cc2)C1. The standard InChI is InChI=1S/C44H50/c1-10-29-26-33-14-12-16-37(31-18-22-35(23-19-31)43(4,5)6)41(33)39(29)28(3)40-30(11-2)27-34-15-13-17-38(42(34)40)32-20-24-36(25-21-32)44(7,8)9/h12-25,28H,10-11,26-27H2,1-9H3. The maximum absolute atomic E-state index is 2.50. The van der Waals surface area contributed by atoms with E-state index in [4.69, 9.17) is 0 Å². The third kappa shape index (κ3) is 5.32. The third-order valence-electron chi connectivity index (χ3n) is 10.3. The van der Waals surface area contributed by atoms with E-state index >= 15 is 0 Å². The van der Waals surface area contributed by atoms with Crippen LogP contribution in [0.3, 0.4) is 0 Å². The Morgan fingerprint density at radius 1 is 0.523 bits per heavy atom. The highest BCUT2D eigenvalue weighted by Gasteiger charge is 2.34. The van der Waals surface area contributed by atoms with Gasteiger partial charge in [0.2, 0.25) is 0 Å². The van der Waals surface area contributed by atoms with Crippen molar-refractivity contribution < 1.29 is 0 Å². The molecule has 226 valence electrons. The van der Waals surface area contributed by atoms with Gasteiger partial charge in [0.05, 0.1) is 0 Å². The third-order valence-corrected chi connectivity index (χ3v) is 10.3. The average Bonchev–Trinajstić information content (AvgIpc) is 3.58. The zero-order valence-electron chi connectivity index (χ0n) is 28.5. The van der Waals surface area contributed by atoms with E-state index in [1.165, 1.54) is 55.6 Å². The lowest BCUT2D eigenvalue weighted by atomic mass is 9.79. The number of rotatable bonds is 6. The molecule has 0 bridgehead atoms. The molecule has 0 spiro atoms. The van der Waals surface area contributed by atoms with Gasteiger partial charge in [-0.25, -0.2) is 0 Å². The van der Waals surface area contributed by atoms with Crippen LogP contribution in [-0.4, -0.2) is 0 Å². The second-order valence-electron chi connectivity index (χ2n) is 15.2. The summed E-state index contributed by atoms with van der Waals surface area (Å²) in [5.74, 6) is 0.326. The first-order chi connectivity index (χ1) is 20.9. The lowest BCUT2D eigenvalue weighted by molar-refractivity contribution is 0.590. The van der Waals surface area contributed by atoms with Gasteiger partial charge in [-0.3, -0.25) is 0 Å². The minimum atomic E-state index is 0.149. The summed E-state index contributed by atoms with van der Waals surface area (Å²) in [6.45, 7) is 21.0. The number of benzene rings is 4. The molecule has 44 heavy (non-hydrogen) atoms. The molecular weight excluding hydrogens is 528 g/mol. The Hall–Kier alpha value is -3.64. The first kappa shape index (κ1) is 30.4. The smallest absolute Gasteiger partial charge is 0.00728 e. The lowest BCUT2D eigenvalue weighted by Gasteiger charge is -2.25. The minimum Gasteiger partial charge on any atom is -0.0616 e. The highest BCUT2D eigenvalue weighted by Crippen LogP contribution is 2.52. The summed E-state index contributed by atoms with van der Waals surface area (Å²) in [5.41, 5.74) is 20.8. The van der Waals surface area contributed by atoms with Gasteiger partial charge in [0, 0.05) is 5.92 Å². The minimum absolute atomic E-state index is 0.149. The maximum Gasteiger partial charge on any atom is 0.00728 e. The first-order valence-corrected chi connectivity index (χ1v) is 16.8. The van der Waals surface area contributed by atoms with Gasteiger partial charge in [0.1, 0.15) is 0 Å². The predicted molar refractivity (Wildman–Crippen MR) is 192 cm³/mol. The van der Waals surface area contributed by atoms with E-state index in [9.17, 15) is 0 Å². The fourth-order valence-electron chi connectivity index (χ4n) is 7.74. The Balaban J connectivity index is 1.48. The summed E-state index contributed by atoms with van der Waals surface area (Å²) in [4.78, 5) is 0. The van der Waals surface area contributed by atoms with Crippen LogP contribution in [0, 0.1) is 5.92 Å². The number of fused-ring (bicyclic) bond motifs is 2. The molecular formula is C44H50. The molecule has 0 aliphatic heterocycles. The normalized spacial score (nSPS) is 15.0. The van der Waals surface area contributed by atoms with Crippen LogP contribution in [0.1, 0.15) is 109 Å². The van der Waals surface area contributed by atoms with Crippen molar-refractivity contribution >= 4 is 11.1 Å². The second-order valence-corrected chi connectivity index (χ2v) is 15.2. The molecule has 0 saturated heterocycles. The molecule has 2 aliphatic rings. The van der Waals surface area contributed by atoms with Crippen molar-refractivity contribution in [3.8, 4) is 22.3 Å². The van der Waals surface area contributed by atoms with Crippen molar-refractivity contribution in [3.63, 3.8) is 0 Å². The second kappa shape index (κ2) is 11.4. The van der Waals surface area contributed by atoms with Crippen LogP contribution in [-0.2, 0) is 23.7 Å². The van der Waals surface area contributed by atoms with E-state index in [-0.39, 0.29) is 10.8 Å². The monoisotopic (exact) mass is 578 g/mol. The van der Waals surface area contributed by atoms with Crippen molar-refractivity contribution in [3.05, 3.63) is 129 Å². The van der Waals surface area contributed by atoms with Gasteiger partial charge in [-0.1, -0.05) is 158 Å². The van der Waals surface area contributed by atoms with Crippen molar-refractivity contribution in [2.75, 3.05) is 0 Å². The van der Waals surface area contributed by atoms with Gasteiger partial charge in [-0.2, -0.15) is 0 Å². The Labute approximate surface area is 267 Å². The zero-order valence-corrected chi connectivity index (χ0v) is 28.5. The van der Waals surface area contributed by atoms with E-state index in [0.717, 1.165) is 25.7 Å². The summed E-state index contributed by atoms with van der Waals surface area (Å²) in [6, 6.07) is 32.7. The van der Waals surface area contributed by atoms with Crippen LogP contribution in [0.5, 0.6) is 0 Å². The fraction of sp³-hybridized carbons (Fsp3) is 0.364. The van der Waals surface area contributed by atoms with Gasteiger partial charge in [-0.05, 0) is 103 Å². The lowest BCUT2D eigenvalue weighted by Crippen LogP contribution is -2.10. The zero-order chi connectivity index (χ0) is 31.4. The van der Waals surface area contributed by atoms with Crippen LogP contribution in [0.15, 0.2) is 96.1 Å². The summed E-state index contributed by atoms with van der Waals surface area (Å²) < 4.78 is 0. The summed E-state index contributed by atoms with van der Waals surface area (Å²) >= 11 is 0. The van der Waals surface area contributed by atoms with Crippen molar-refractivity contribution in [2.45, 2.75) is 98.8 Å². The molecule has 0 heterocycles. The highest BCUT2D eigenvalue weighted by molar-refractivity contribution is 5.98. The molecule has 0 saturated carbocycles. The van der Waals surface area contributed by atoms with Crippen LogP contribution in [0.2, 0.25) is 0 Å². The Kier molecular flexibility index (Phi) is 7.86. The van der Waals surface area contributed by atoms with Gasteiger partial charge in [0.25, 0.3) is 0 Å². The van der Waals surface area contributed by atoms with Crippen LogP contribution >= 0.6 is 0 Å². The fourth-order valence-corrected chi connectivity index (χ4v) is 7.74. The molecule has 0 N–H and O–H groups in total. The molecule has 4 aromatic rings. The topological polar surface area (TPSA) is 0 Å². The molecule has 0 radical (unpaired) electrons. The molecule has 0 heteroatoms. The molecule has 0 fully saturated rings. The van der Waals surface area contributed by atoms with Crippen molar-refractivity contribution in [2.24, 2.45) is 5.92 Å². The Bertz CT molecular complexity index is 1620. The first-order valence-electron chi connectivity index (χ1n) is 16.8. The average molecular weight is 579 g/mol. The van der Waals surface area contributed by atoms with Gasteiger partial charge >= 0.3 is 0 Å². The van der Waals surface area contributed by atoms with Crippen molar-refractivity contribution in [1.82, 2.24) is 0 Å². The summed E-state index contributed by atoms with van der Waals surface area (Å²) in [7, 11) is 0. The molecule has 4 aromatic carbocycles. The molecule has 0 aromatic heterocycles. The number of hydrogen-bond acceptors (Lipinski definition) is 0. The Morgan fingerprint density at radius 2 is 0.886 bits per heavy atom. The Morgan fingerprint density at radius 3 is 1.20 bits per heavy atom. The summed E-state index contributed by atoms with van der Waals surface area (Å²) in [6.07, 6.45) is 4.32. The predicted octanol–water partition coefficient (Wildman–Crippen LogP) is 12.4. The van der Waals surface area contributed by atoms with Crippen LogP contribution in [0.4, 0.5) is 0 Å². The van der Waals surface area contributed by atoms with Crippen LogP contribution in [0.25, 0.3) is 33.4 Å². The quantitative estimate of drug-likeness (QED) is 0.213. The van der Waals surface area contributed by atoms with E-state index in [1.54, 1.807) is 22.3 Å². The molecule has 0 unspecified atom stereocenters. The van der Waals surface area contributed by atoms with Crippen molar-refractivity contribution in [1.29, 1.82) is 0 Å². The summed E-state index contributed by atoms with van der Waals surface area (Å²) in [5, 5.41) is 0. The van der Waals surface area contributed by atoms with Gasteiger partial charge in [-0.15, -0.1) is 0 Å². The number of allylic oxidation sites excluding steroid dienone is 4. The van der Waals surface area contributed by atoms with E-state index in [1.807, 2.05) is 0 Å². The molecule has 6 rings (SSSR count). The highest BCUT2D eigenvalue weighted by atomic mass is 14.4. The van der Waals surface area contributed by atoms with Crippen LogP contribution < -0.4 is 0 Å². The van der Waals surface area contributed by atoms with E-state index < -0.39 is 0 Å². The number of hydrogen-bond donors (Lipinski definition) is 0. The van der Waals surface area contributed by atoms with Gasteiger partial charge in [0.15, 0.2) is 0 Å².